The molecule has 98 valence electrons. The number of piperidine rings is 1. The van der Waals surface area contributed by atoms with Gasteiger partial charge in [0, 0.05) is 18.0 Å². The quantitative estimate of drug-likeness (QED) is 0.866. The van der Waals surface area contributed by atoms with Crippen molar-refractivity contribution in [1.82, 2.24) is 4.90 Å². The van der Waals surface area contributed by atoms with Crippen LogP contribution in [0.2, 0.25) is 0 Å². The van der Waals surface area contributed by atoms with Crippen LogP contribution in [0.4, 0.5) is 0 Å². The van der Waals surface area contributed by atoms with Crippen molar-refractivity contribution in [3.63, 3.8) is 0 Å². The number of rotatable bonds is 3. The number of halogens is 1. The molecule has 2 bridgehead atoms. The number of hydrogen-bond donors (Lipinski definition) is 1. The van der Waals surface area contributed by atoms with E-state index in [9.17, 15) is 4.79 Å². The third-order valence-corrected chi connectivity index (χ3v) is 5.42. The lowest BCUT2D eigenvalue weighted by Crippen LogP contribution is -2.59. The molecule has 1 amide bonds. The zero-order chi connectivity index (χ0) is 12.8. The average Bonchev–Trinajstić information content (AvgIpc) is 2.88. The minimum atomic E-state index is -0.503. The maximum atomic E-state index is 11.9. The second-order valence-corrected chi connectivity index (χ2v) is 6.78. The number of thiophene rings is 1. The van der Waals surface area contributed by atoms with Crippen molar-refractivity contribution in [3.8, 4) is 0 Å². The van der Waals surface area contributed by atoms with Crippen molar-refractivity contribution >= 4 is 28.8 Å². The van der Waals surface area contributed by atoms with Gasteiger partial charge in [-0.25, -0.2) is 0 Å². The van der Waals surface area contributed by atoms with Crippen LogP contribution in [0.5, 0.6) is 0 Å². The molecule has 3 atom stereocenters. The van der Waals surface area contributed by atoms with Crippen molar-refractivity contribution in [2.75, 3.05) is 0 Å². The second kappa shape index (κ2) is 4.51. The first-order valence-electron chi connectivity index (χ1n) is 6.33. The number of carbonyl (C=O) groups is 1. The van der Waals surface area contributed by atoms with Gasteiger partial charge in [-0.2, -0.15) is 11.3 Å². The van der Waals surface area contributed by atoms with Crippen LogP contribution in [0.1, 0.15) is 31.2 Å². The zero-order valence-electron chi connectivity index (χ0n) is 10.1. The predicted molar refractivity (Wildman–Crippen MR) is 73.7 cm³/mol. The lowest BCUT2D eigenvalue weighted by molar-refractivity contribution is -0.131. The van der Waals surface area contributed by atoms with E-state index < -0.39 is 5.54 Å². The van der Waals surface area contributed by atoms with Gasteiger partial charge in [-0.05, 0) is 48.1 Å². The van der Waals surface area contributed by atoms with E-state index in [-0.39, 0.29) is 11.3 Å². The van der Waals surface area contributed by atoms with E-state index in [1.807, 2.05) is 0 Å². The smallest absolute Gasteiger partial charge is 0.238 e. The normalized spacial score (nSPS) is 35.8. The Hall–Kier alpha value is -0.580. The maximum absolute atomic E-state index is 11.9. The summed E-state index contributed by atoms with van der Waals surface area (Å²) in [6.45, 7) is 0.820. The highest BCUT2D eigenvalue weighted by Gasteiger charge is 2.54. The lowest BCUT2D eigenvalue weighted by Gasteiger charge is -2.44. The van der Waals surface area contributed by atoms with Crippen molar-refractivity contribution in [3.05, 3.63) is 22.4 Å². The Morgan fingerprint density at radius 2 is 2.50 bits per heavy atom. The van der Waals surface area contributed by atoms with Crippen LogP contribution in [-0.2, 0) is 11.3 Å². The summed E-state index contributed by atoms with van der Waals surface area (Å²) in [4.78, 5) is 14.2. The molecule has 3 unspecified atom stereocenters. The molecule has 1 aromatic heterocycles. The molecular formula is C13H17ClN2OS. The van der Waals surface area contributed by atoms with Gasteiger partial charge in [-0.1, -0.05) is 0 Å². The number of carbonyl (C=O) groups excluding carboxylic acids is 1. The summed E-state index contributed by atoms with van der Waals surface area (Å²) in [7, 11) is 0. The maximum Gasteiger partial charge on any atom is 0.238 e. The Morgan fingerprint density at radius 1 is 1.67 bits per heavy atom. The third-order valence-electron chi connectivity index (χ3n) is 4.36. The van der Waals surface area contributed by atoms with Gasteiger partial charge in [0.05, 0.1) is 0 Å². The number of hydrogen-bond acceptors (Lipinski definition) is 3. The number of alkyl halides is 1. The van der Waals surface area contributed by atoms with Gasteiger partial charge < -0.3 is 5.73 Å². The molecule has 3 heterocycles. The minimum absolute atomic E-state index is 0.0868. The number of primary amides is 1. The Balaban J connectivity index is 1.90. The molecule has 0 aromatic carbocycles. The number of nitrogens with two attached hydrogens (primary N) is 1. The molecule has 2 saturated heterocycles. The van der Waals surface area contributed by atoms with Crippen molar-refractivity contribution in [2.24, 2.45) is 5.73 Å². The van der Waals surface area contributed by atoms with Gasteiger partial charge in [-0.3, -0.25) is 9.69 Å². The van der Waals surface area contributed by atoms with Crippen molar-refractivity contribution < 1.29 is 4.79 Å². The van der Waals surface area contributed by atoms with Crippen LogP contribution in [0.25, 0.3) is 0 Å². The third kappa shape index (κ3) is 1.87. The number of nitrogens with zero attached hydrogens (tertiary/aromatic N) is 1. The lowest BCUT2D eigenvalue weighted by atomic mass is 9.87. The summed E-state index contributed by atoms with van der Waals surface area (Å²) < 4.78 is 0. The van der Waals surface area contributed by atoms with Crippen molar-refractivity contribution in [2.45, 2.75) is 49.2 Å². The first-order valence-corrected chi connectivity index (χ1v) is 7.71. The fraction of sp³-hybridized carbons (Fsp3) is 0.615. The van der Waals surface area contributed by atoms with Gasteiger partial charge in [-0.15, -0.1) is 11.6 Å². The number of fused-ring (bicyclic) bond motifs is 2. The molecule has 0 aliphatic carbocycles. The summed E-state index contributed by atoms with van der Waals surface area (Å²) in [6.07, 6.45) is 3.57. The van der Waals surface area contributed by atoms with E-state index in [1.54, 1.807) is 11.3 Å². The molecular weight excluding hydrogens is 268 g/mol. The van der Waals surface area contributed by atoms with E-state index in [0.29, 0.717) is 12.5 Å². The minimum Gasteiger partial charge on any atom is -0.368 e. The van der Waals surface area contributed by atoms with E-state index in [1.165, 1.54) is 5.56 Å². The predicted octanol–water partition coefficient (Wildman–Crippen LogP) is 2.34. The summed E-state index contributed by atoms with van der Waals surface area (Å²) in [5.74, 6) is -0.203. The Morgan fingerprint density at radius 3 is 3.17 bits per heavy atom. The topological polar surface area (TPSA) is 46.3 Å². The highest BCUT2D eigenvalue weighted by atomic mass is 35.5. The number of amides is 1. The van der Waals surface area contributed by atoms with E-state index in [2.05, 4.69) is 21.7 Å². The van der Waals surface area contributed by atoms with Crippen LogP contribution in [0.3, 0.4) is 0 Å². The molecule has 5 heteroatoms. The molecule has 1 aromatic rings. The molecule has 0 saturated carbocycles. The van der Waals surface area contributed by atoms with Crippen LogP contribution in [0.15, 0.2) is 16.8 Å². The van der Waals surface area contributed by atoms with E-state index in [4.69, 9.17) is 17.3 Å². The fourth-order valence-electron chi connectivity index (χ4n) is 3.49. The van der Waals surface area contributed by atoms with E-state index >= 15 is 0 Å². The highest BCUT2D eigenvalue weighted by Crippen LogP contribution is 2.46. The van der Waals surface area contributed by atoms with Gasteiger partial charge in [0.2, 0.25) is 5.91 Å². The van der Waals surface area contributed by atoms with E-state index in [0.717, 1.165) is 25.8 Å². The zero-order valence-corrected chi connectivity index (χ0v) is 11.7. The average molecular weight is 285 g/mol. The molecule has 3 rings (SSSR count). The monoisotopic (exact) mass is 284 g/mol. The fourth-order valence-corrected chi connectivity index (χ4v) is 4.61. The van der Waals surface area contributed by atoms with Crippen LogP contribution in [0, 0.1) is 0 Å². The molecule has 2 aliphatic rings. The van der Waals surface area contributed by atoms with Crippen molar-refractivity contribution in [1.29, 1.82) is 0 Å². The first-order chi connectivity index (χ1) is 8.62. The van der Waals surface area contributed by atoms with Gasteiger partial charge >= 0.3 is 0 Å². The molecule has 0 spiro atoms. The standard InChI is InChI=1S/C13H17ClN2OS/c14-10-5-11-1-3-13(6-10,12(15)17)16(11)7-9-2-4-18-8-9/h2,4,8,10-11H,1,3,5-7H2,(H2,15,17). The molecule has 3 nitrogen and oxygen atoms in total. The Labute approximate surface area is 116 Å². The largest absolute Gasteiger partial charge is 0.368 e. The summed E-state index contributed by atoms with van der Waals surface area (Å²) in [6, 6.07) is 2.53. The first kappa shape index (κ1) is 12.5. The van der Waals surface area contributed by atoms with Crippen LogP contribution in [-0.4, -0.2) is 27.8 Å². The Kier molecular flexibility index (Phi) is 3.12. The summed E-state index contributed by atoms with van der Waals surface area (Å²) in [5, 5.41) is 4.30. The molecule has 2 N–H and O–H groups in total. The molecule has 2 fully saturated rings. The SMILES string of the molecule is NC(=O)C12CCC(CC(Cl)C1)N2Cc1ccsc1. The summed E-state index contributed by atoms with van der Waals surface area (Å²) in [5.41, 5.74) is 6.45. The summed E-state index contributed by atoms with van der Waals surface area (Å²) >= 11 is 7.98. The molecule has 18 heavy (non-hydrogen) atoms. The van der Waals surface area contributed by atoms with Gasteiger partial charge in [0.1, 0.15) is 5.54 Å². The van der Waals surface area contributed by atoms with Crippen LogP contribution < -0.4 is 5.73 Å². The van der Waals surface area contributed by atoms with Gasteiger partial charge in [0.25, 0.3) is 0 Å². The molecule has 2 aliphatic heterocycles. The second-order valence-electron chi connectivity index (χ2n) is 5.38. The Bertz CT molecular complexity index is 450. The van der Waals surface area contributed by atoms with Gasteiger partial charge in [0.15, 0.2) is 0 Å². The highest BCUT2D eigenvalue weighted by molar-refractivity contribution is 7.07. The molecule has 0 radical (unpaired) electrons. The van der Waals surface area contributed by atoms with Crippen LogP contribution >= 0.6 is 22.9 Å².